The topological polar surface area (TPSA) is 80.8 Å². The normalized spacial score (nSPS) is 11.0. The number of rotatable bonds is 5. The van der Waals surface area contributed by atoms with Crippen molar-refractivity contribution in [2.24, 2.45) is 0 Å². The van der Waals surface area contributed by atoms with Gasteiger partial charge in [0.2, 0.25) is 0 Å². The first-order valence-electron chi connectivity index (χ1n) is 7.18. The Balaban J connectivity index is 2.09. The van der Waals surface area contributed by atoms with E-state index >= 15 is 0 Å². The molecule has 2 aromatic carbocycles. The molecule has 0 heterocycles. The van der Waals surface area contributed by atoms with Gasteiger partial charge in [0.15, 0.2) is 16.4 Å². The van der Waals surface area contributed by atoms with Crippen LogP contribution in [0.15, 0.2) is 53.4 Å². The number of ether oxygens (including phenoxy) is 1. The van der Waals surface area contributed by atoms with E-state index in [1.807, 2.05) is 6.07 Å². The Hall–Kier alpha value is -2.38. The number of halogens is 1. The van der Waals surface area contributed by atoms with Crippen molar-refractivity contribution in [2.45, 2.75) is 4.90 Å². The molecule has 2 aromatic rings. The molecule has 0 spiro atoms. The minimum Gasteiger partial charge on any atom is -0.452 e. The summed E-state index contributed by atoms with van der Waals surface area (Å²) in [7, 11) is -1.94. The summed E-state index contributed by atoms with van der Waals surface area (Å²) in [5.41, 5.74) is 0.542. The van der Waals surface area contributed by atoms with Crippen molar-refractivity contribution in [1.29, 1.82) is 0 Å². The third-order valence-corrected chi connectivity index (χ3v) is 4.87. The molecular weight excluding hydrogens is 366 g/mol. The molecule has 0 atom stereocenters. The van der Waals surface area contributed by atoms with Crippen molar-refractivity contribution < 1.29 is 22.7 Å². The summed E-state index contributed by atoms with van der Waals surface area (Å²) < 4.78 is 28.1. The fraction of sp³-hybridized carbons (Fsp3) is 0.176. The van der Waals surface area contributed by atoms with Crippen LogP contribution in [-0.4, -0.2) is 40.2 Å². The van der Waals surface area contributed by atoms with Crippen molar-refractivity contribution in [3.05, 3.63) is 59.1 Å². The molecule has 2 rings (SSSR count). The minimum atomic E-state index is -3.50. The number of benzene rings is 2. The highest BCUT2D eigenvalue weighted by Gasteiger charge is 2.19. The lowest BCUT2D eigenvalue weighted by atomic mass is 10.2. The summed E-state index contributed by atoms with van der Waals surface area (Å²) in [6, 6.07) is 12.6. The van der Waals surface area contributed by atoms with Crippen LogP contribution in [0, 0.1) is 0 Å². The molecule has 6 nitrogen and oxygen atoms in total. The third kappa shape index (κ3) is 4.80. The average molecular weight is 382 g/mol. The van der Waals surface area contributed by atoms with Gasteiger partial charge in [-0.15, -0.1) is 0 Å². The molecule has 0 unspecified atom stereocenters. The highest BCUT2D eigenvalue weighted by Crippen LogP contribution is 2.21. The lowest BCUT2D eigenvalue weighted by Crippen LogP contribution is -2.31. The van der Waals surface area contributed by atoms with Crippen molar-refractivity contribution in [3.63, 3.8) is 0 Å². The minimum absolute atomic E-state index is 0.0428. The van der Waals surface area contributed by atoms with Crippen LogP contribution in [0.5, 0.6) is 0 Å². The maximum Gasteiger partial charge on any atom is 0.340 e. The average Bonchev–Trinajstić information content (AvgIpc) is 2.58. The molecule has 0 radical (unpaired) electrons. The van der Waals surface area contributed by atoms with E-state index in [-0.39, 0.29) is 15.5 Å². The van der Waals surface area contributed by atoms with Crippen LogP contribution in [-0.2, 0) is 19.4 Å². The fourth-order valence-electron chi connectivity index (χ4n) is 1.99. The predicted octanol–water partition coefficient (Wildman–Crippen LogP) is 2.56. The first kappa shape index (κ1) is 19.0. The number of amides is 1. The number of nitrogens with zero attached hydrogens (tertiary/aromatic N) is 1. The Morgan fingerprint density at radius 1 is 1.12 bits per heavy atom. The number of anilines is 1. The predicted molar refractivity (Wildman–Crippen MR) is 94.7 cm³/mol. The van der Waals surface area contributed by atoms with Gasteiger partial charge in [0.1, 0.15) is 0 Å². The molecule has 0 saturated carbocycles. The van der Waals surface area contributed by atoms with Gasteiger partial charge in [-0.1, -0.05) is 29.8 Å². The van der Waals surface area contributed by atoms with Gasteiger partial charge in [-0.3, -0.25) is 4.79 Å². The molecule has 0 bridgehead atoms. The Morgan fingerprint density at radius 2 is 1.76 bits per heavy atom. The van der Waals surface area contributed by atoms with E-state index in [9.17, 15) is 18.0 Å². The zero-order chi connectivity index (χ0) is 18.6. The van der Waals surface area contributed by atoms with Crippen molar-refractivity contribution >= 4 is 39.0 Å². The van der Waals surface area contributed by atoms with Gasteiger partial charge in [0.25, 0.3) is 5.91 Å². The van der Waals surface area contributed by atoms with Crippen LogP contribution in [0.3, 0.4) is 0 Å². The van der Waals surface area contributed by atoms with Gasteiger partial charge in [0, 0.05) is 19.0 Å². The Labute approximate surface area is 150 Å². The molecule has 132 valence electrons. The van der Waals surface area contributed by atoms with Crippen molar-refractivity contribution in [3.8, 4) is 0 Å². The van der Waals surface area contributed by atoms with Crippen LogP contribution in [0.2, 0.25) is 5.02 Å². The standard InChI is InChI=1S/C17H16ClNO5S/c1-19(12-6-4-3-5-7-12)16(20)11-24-17(21)14-10-13(25(2,22)23)8-9-15(14)18/h3-10H,11H2,1-2H3. The lowest BCUT2D eigenvalue weighted by Gasteiger charge is -2.17. The van der Waals surface area contributed by atoms with Gasteiger partial charge in [-0.05, 0) is 30.3 Å². The number of carbonyl (C=O) groups excluding carboxylic acids is 2. The molecule has 0 saturated heterocycles. The zero-order valence-corrected chi connectivity index (χ0v) is 15.2. The number of carbonyl (C=O) groups is 2. The molecule has 0 aliphatic heterocycles. The molecule has 0 aromatic heterocycles. The fourth-order valence-corrected chi connectivity index (χ4v) is 2.83. The maximum absolute atomic E-state index is 12.1. The van der Waals surface area contributed by atoms with E-state index in [0.29, 0.717) is 5.69 Å². The highest BCUT2D eigenvalue weighted by atomic mass is 35.5. The van der Waals surface area contributed by atoms with Crippen LogP contribution in [0.25, 0.3) is 0 Å². The van der Waals surface area contributed by atoms with Gasteiger partial charge in [0.05, 0.1) is 15.5 Å². The van der Waals surface area contributed by atoms with Gasteiger partial charge in [-0.2, -0.15) is 0 Å². The maximum atomic E-state index is 12.1. The molecule has 0 aliphatic rings. The second-order valence-corrected chi connectivity index (χ2v) is 7.70. The number of hydrogen-bond donors (Lipinski definition) is 0. The van der Waals surface area contributed by atoms with E-state index in [1.165, 1.54) is 17.0 Å². The summed E-state index contributed by atoms with van der Waals surface area (Å²) in [5, 5.41) is 0.0428. The molecular formula is C17H16ClNO5S. The van der Waals surface area contributed by atoms with E-state index in [2.05, 4.69) is 0 Å². The lowest BCUT2D eigenvalue weighted by molar-refractivity contribution is -0.121. The smallest absolute Gasteiger partial charge is 0.340 e. The number of para-hydroxylation sites is 1. The largest absolute Gasteiger partial charge is 0.452 e. The monoisotopic (exact) mass is 381 g/mol. The summed E-state index contributed by atoms with van der Waals surface area (Å²) >= 11 is 5.92. The Bertz CT molecular complexity index is 897. The first-order chi connectivity index (χ1) is 11.7. The SMILES string of the molecule is CN(C(=O)COC(=O)c1cc(S(C)(=O)=O)ccc1Cl)c1ccccc1. The van der Waals surface area contributed by atoms with Crippen LogP contribution < -0.4 is 4.90 Å². The van der Waals surface area contributed by atoms with E-state index in [1.54, 1.807) is 31.3 Å². The third-order valence-electron chi connectivity index (χ3n) is 3.43. The van der Waals surface area contributed by atoms with Gasteiger partial charge in [-0.25, -0.2) is 13.2 Å². The van der Waals surface area contributed by atoms with Crippen LogP contribution in [0.1, 0.15) is 10.4 Å². The highest BCUT2D eigenvalue weighted by molar-refractivity contribution is 7.90. The van der Waals surface area contributed by atoms with Gasteiger partial charge >= 0.3 is 5.97 Å². The van der Waals surface area contributed by atoms with E-state index in [0.717, 1.165) is 12.3 Å². The molecule has 0 N–H and O–H groups in total. The Kier molecular flexibility index (Phi) is 5.81. The van der Waals surface area contributed by atoms with E-state index < -0.39 is 28.3 Å². The zero-order valence-electron chi connectivity index (χ0n) is 13.6. The Morgan fingerprint density at radius 3 is 2.36 bits per heavy atom. The van der Waals surface area contributed by atoms with Gasteiger partial charge < -0.3 is 9.64 Å². The number of sulfone groups is 1. The van der Waals surface area contributed by atoms with Crippen LogP contribution in [0.4, 0.5) is 5.69 Å². The van der Waals surface area contributed by atoms with Crippen LogP contribution >= 0.6 is 11.6 Å². The van der Waals surface area contributed by atoms with E-state index in [4.69, 9.17) is 16.3 Å². The number of likely N-dealkylation sites (N-methyl/N-ethyl adjacent to an activating group) is 1. The molecule has 25 heavy (non-hydrogen) atoms. The summed E-state index contributed by atoms with van der Waals surface area (Å²) in [5.74, 6) is -1.31. The second kappa shape index (κ2) is 7.67. The molecule has 1 amide bonds. The summed E-state index contributed by atoms with van der Waals surface area (Å²) in [4.78, 5) is 25.5. The summed E-state index contributed by atoms with van der Waals surface area (Å²) in [6.07, 6.45) is 1.02. The molecule has 0 fully saturated rings. The van der Waals surface area contributed by atoms with Crippen molar-refractivity contribution in [1.82, 2.24) is 0 Å². The van der Waals surface area contributed by atoms with Crippen molar-refractivity contribution in [2.75, 3.05) is 24.8 Å². The first-order valence-corrected chi connectivity index (χ1v) is 9.45. The molecule has 0 aliphatic carbocycles. The number of esters is 1. The second-order valence-electron chi connectivity index (χ2n) is 5.28. The summed E-state index contributed by atoms with van der Waals surface area (Å²) in [6.45, 7) is -0.496. The quantitative estimate of drug-likeness (QED) is 0.743. The molecule has 8 heteroatoms. The number of hydrogen-bond acceptors (Lipinski definition) is 5.